The molecule has 0 aliphatic carbocycles. The van der Waals surface area contributed by atoms with Crippen molar-refractivity contribution in [1.82, 2.24) is 0 Å². The molecule has 35 heavy (non-hydrogen) atoms. The topological polar surface area (TPSA) is 9.23 Å². The van der Waals surface area contributed by atoms with Crippen LogP contribution in [0.4, 0.5) is 4.39 Å². The highest BCUT2D eigenvalue weighted by atomic mass is 19.1. The maximum atomic E-state index is 15.0. The van der Waals surface area contributed by atoms with Crippen molar-refractivity contribution in [2.24, 2.45) is 0 Å². The molecular formula is C33H43FO. The molecule has 3 aromatic carbocycles. The van der Waals surface area contributed by atoms with Gasteiger partial charge in [-0.1, -0.05) is 120 Å². The van der Waals surface area contributed by atoms with E-state index in [1.807, 2.05) is 36.4 Å². The van der Waals surface area contributed by atoms with Crippen LogP contribution in [-0.2, 0) is 6.42 Å². The summed E-state index contributed by atoms with van der Waals surface area (Å²) in [5.41, 5.74) is 4.82. The van der Waals surface area contributed by atoms with Crippen molar-refractivity contribution in [2.45, 2.75) is 90.9 Å². The van der Waals surface area contributed by atoms with Crippen LogP contribution in [0.1, 0.15) is 90.0 Å². The smallest absolute Gasteiger partial charge is 0.131 e. The molecule has 0 unspecified atom stereocenters. The highest BCUT2D eigenvalue weighted by Crippen LogP contribution is 2.29. The molecule has 0 saturated carbocycles. The van der Waals surface area contributed by atoms with Gasteiger partial charge in [0, 0.05) is 5.56 Å². The summed E-state index contributed by atoms with van der Waals surface area (Å²) in [6.07, 6.45) is 15.2. The third-order valence-electron chi connectivity index (χ3n) is 6.76. The first kappa shape index (κ1) is 27.0. The number of halogens is 1. The Morgan fingerprint density at radius 3 is 1.80 bits per heavy atom. The fourth-order valence-corrected chi connectivity index (χ4v) is 4.53. The molecule has 0 N–H and O–H groups in total. The SMILES string of the molecule is CCCCCCCCCCOc1ccc(-c2ccc(-c3ccc(CCCCC)cc3)cc2F)cc1. The number of ether oxygens (including phenoxy) is 1. The van der Waals surface area contributed by atoms with Crippen molar-refractivity contribution in [1.29, 1.82) is 0 Å². The Balaban J connectivity index is 1.48. The summed E-state index contributed by atoms with van der Waals surface area (Å²) in [6, 6.07) is 21.9. The van der Waals surface area contributed by atoms with Crippen molar-refractivity contribution in [3.8, 4) is 28.0 Å². The van der Waals surface area contributed by atoms with Gasteiger partial charge in [-0.2, -0.15) is 0 Å². The second-order valence-corrected chi connectivity index (χ2v) is 9.70. The van der Waals surface area contributed by atoms with Crippen LogP contribution in [-0.4, -0.2) is 6.61 Å². The average Bonchev–Trinajstić information content (AvgIpc) is 2.89. The molecule has 0 aromatic heterocycles. The molecule has 3 rings (SSSR count). The van der Waals surface area contributed by atoms with Crippen molar-refractivity contribution >= 4 is 0 Å². The molecule has 0 spiro atoms. The zero-order valence-electron chi connectivity index (χ0n) is 21.8. The van der Waals surface area contributed by atoms with Crippen molar-refractivity contribution < 1.29 is 9.13 Å². The number of rotatable bonds is 16. The van der Waals surface area contributed by atoms with Gasteiger partial charge in [0.25, 0.3) is 0 Å². The van der Waals surface area contributed by atoms with E-state index in [0.717, 1.165) is 41.9 Å². The van der Waals surface area contributed by atoms with Gasteiger partial charge in [0.05, 0.1) is 6.61 Å². The van der Waals surface area contributed by atoms with E-state index in [-0.39, 0.29) is 5.82 Å². The summed E-state index contributed by atoms with van der Waals surface area (Å²) in [5.74, 6) is 0.662. The van der Waals surface area contributed by atoms with Gasteiger partial charge in [-0.25, -0.2) is 4.39 Å². The largest absolute Gasteiger partial charge is 0.494 e. The Morgan fingerprint density at radius 2 is 1.14 bits per heavy atom. The fraction of sp³-hybridized carbons (Fsp3) is 0.455. The minimum Gasteiger partial charge on any atom is -0.494 e. The minimum absolute atomic E-state index is 0.192. The normalized spacial score (nSPS) is 11.1. The Labute approximate surface area is 212 Å². The molecule has 0 saturated heterocycles. The highest BCUT2D eigenvalue weighted by molar-refractivity contribution is 5.71. The lowest BCUT2D eigenvalue weighted by atomic mass is 9.98. The predicted octanol–water partition coefficient (Wildman–Crippen LogP) is 10.4. The first-order valence-electron chi connectivity index (χ1n) is 13.8. The zero-order valence-corrected chi connectivity index (χ0v) is 21.8. The third kappa shape index (κ3) is 9.17. The number of hydrogen-bond donors (Lipinski definition) is 0. The molecule has 0 aliphatic rings. The van der Waals surface area contributed by atoms with Crippen molar-refractivity contribution in [3.05, 3.63) is 78.1 Å². The van der Waals surface area contributed by atoms with Crippen LogP contribution < -0.4 is 4.74 Å². The monoisotopic (exact) mass is 474 g/mol. The first-order chi connectivity index (χ1) is 17.2. The lowest BCUT2D eigenvalue weighted by Gasteiger charge is -2.10. The van der Waals surface area contributed by atoms with Gasteiger partial charge in [0.15, 0.2) is 0 Å². The number of hydrogen-bond acceptors (Lipinski definition) is 1. The fourth-order valence-electron chi connectivity index (χ4n) is 4.53. The number of aryl methyl sites for hydroxylation is 1. The summed E-state index contributed by atoms with van der Waals surface area (Å²) in [6.45, 7) is 5.22. The molecule has 0 fully saturated rings. The summed E-state index contributed by atoms with van der Waals surface area (Å²) in [5, 5.41) is 0. The van der Waals surface area contributed by atoms with Gasteiger partial charge in [-0.05, 0) is 59.7 Å². The van der Waals surface area contributed by atoms with Crippen LogP contribution in [0.15, 0.2) is 66.7 Å². The molecule has 0 atom stereocenters. The molecule has 0 bridgehead atoms. The van der Waals surface area contributed by atoms with E-state index in [0.29, 0.717) is 5.56 Å². The molecule has 1 nitrogen and oxygen atoms in total. The van der Waals surface area contributed by atoms with Crippen LogP contribution in [0.25, 0.3) is 22.3 Å². The van der Waals surface area contributed by atoms with E-state index in [4.69, 9.17) is 4.74 Å². The van der Waals surface area contributed by atoms with Crippen LogP contribution in [0.2, 0.25) is 0 Å². The molecule has 3 aromatic rings. The highest BCUT2D eigenvalue weighted by Gasteiger charge is 2.08. The second kappa shape index (κ2) is 15.4. The van der Waals surface area contributed by atoms with E-state index in [1.54, 1.807) is 6.07 Å². The maximum absolute atomic E-state index is 15.0. The van der Waals surface area contributed by atoms with Gasteiger partial charge in [-0.15, -0.1) is 0 Å². The minimum atomic E-state index is -0.192. The zero-order chi connectivity index (χ0) is 24.7. The van der Waals surface area contributed by atoms with Crippen molar-refractivity contribution in [3.63, 3.8) is 0 Å². The van der Waals surface area contributed by atoms with Crippen LogP contribution in [0.5, 0.6) is 5.75 Å². The third-order valence-corrected chi connectivity index (χ3v) is 6.76. The molecular weight excluding hydrogens is 431 g/mol. The summed E-state index contributed by atoms with van der Waals surface area (Å²) in [7, 11) is 0. The quantitative estimate of drug-likeness (QED) is 0.188. The molecule has 0 radical (unpaired) electrons. The molecule has 0 aliphatic heterocycles. The summed E-state index contributed by atoms with van der Waals surface area (Å²) in [4.78, 5) is 0. The van der Waals surface area contributed by atoms with Gasteiger partial charge in [-0.3, -0.25) is 0 Å². The van der Waals surface area contributed by atoms with E-state index in [9.17, 15) is 4.39 Å². The Morgan fingerprint density at radius 1 is 0.571 bits per heavy atom. The van der Waals surface area contributed by atoms with E-state index < -0.39 is 0 Å². The Hall–Kier alpha value is -2.61. The van der Waals surface area contributed by atoms with Crippen LogP contribution >= 0.6 is 0 Å². The van der Waals surface area contributed by atoms with E-state index in [2.05, 4.69) is 38.1 Å². The lowest BCUT2D eigenvalue weighted by molar-refractivity contribution is 0.304. The van der Waals surface area contributed by atoms with Gasteiger partial charge >= 0.3 is 0 Å². The van der Waals surface area contributed by atoms with Gasteiger partial charge in [0.1, 0.15) is 11.6 Å². The predicted molar refractivity (Wildman–Crippen MR) is 149 cm³/mol. The molecule has 2 heteroatoms. The maximum Gasteiger partial charge on any atom is 0.131 e. The summed E-state index contributed by atoms with van der Waals surface area (Å²) < 4.78 is 20.9. The second-order valence-electron chi connectivity index (χ2n) is 9.70. The van der Waals surface area contributed by atoms with Crippen LogP contribution in [0.3, 0.4) is 0 Å². The first-order valence-corrected chi connectivity index (χ1v) is 13.8. The standard InChI is InChI=1S/C33H43FO/c1-3-5-7-8-9-10-11-13-25-35-31-22-19-29(20-23-31)32-24-21-30(26-33(32)34)28-17-15-27(16-18-28)14-12-6-4-2/h15-24,26H,3-14,25H2,1-2H3. The van der Waals surface area contributed by atoms with Crippen molar-refractivity contribution in [2.75, 3.05) is 6.61 Å². The Kier molecular flexibility index (Phi) is 11.9. The van der Waals surface area contributed by atoms with E-state index >= 15 is 0 Å². The van der Waals surface area contributed by atoms with E-state index in [1.165, 1.54) is 69.8 Å². The van der Waals surface area contributed by atoms with Crippen LogP contribution in [0, 0.1) is 5.82 Å². The molecule has 0 amide bonds. The molecule has 0 heterocycles. The van der Waals surface area contributed by atoms with Gasteiger partial charge < -0.3 is 4.74 Å². The lowest BCUT2D eigenvalue weighted by Crippen LogP contribution is -1.97. The number of unbranched alkanes of at least 4 members (excludes halogenated alkanes) is 9. The number of benzene rings is 3. The van der Waals surface area contributed by atoms with Gasteiger partial charge in [0.2, 0.25) is 0 Å². The molecule has 188 valence electrons. The Bertz CT molecular complexity index is 975. The average molecular weight is 475 g/mol. The summed E-state index contributed by atoms with van der Waals surface area (Å²) >= 11 is 0.